The molecule has 6 rings (SSSR count). The Morgan fingerprint density at radius 3 is 1.78 bits per heavy atom. The molecule has 0 radical (unpaired) electrons. The van der Waals surface area contributed by atoms with Crippen molar-refractivity contribution in [1.82, 2.24) is 10.6 Å². The van der Waals surface area contributed by atoms with E-state index in [9.17, 15) is 14.4 Å². The van der Waals surface area contributed by atoms with Crippen molar-refractivity contribution in [3.63, 3.8) is 0 Å². The molecule has 0 aliphatic carbocycles. The summed E-state index contributed by atoms with van der Waals surface area (Å²) in [5.74, 6) is -2.26. The third kappa shape index (κ3) is 14.7. The van der Waals surface area contributed by atoms with Gasteiger partial charge in [-0.1, -0.05) is 97.9 Å². The fraction of sp³-hybridized carbons (Fsp3) is 0.717. The third-order valence-electron chi connectivity index (χ3n) is 14.6. The lowest BCUT2D eigenvalue weighted by atomic mass is 9.94. The van der Waals surface area contributed by atoms with Crippen LogP contribution in [0.2, 0.25) is 36.3 Å². The molecule has 0 bridgehead atoms. The molecule has 4 aliphatic heterocycles. The van der Waals surface area contributed by atoms with Crippen molar-refractivity contribution >= 4 is 34.6 Å². The molecule has 2 aromatic rings. The number of hydrogen-bond donors (Lipinski definition) is 2. The predicted octanol–water partition coefficient (Wildman–Crippen LogP) is 8.53. The molecule has 2 aromatic carbocycles. The Kier molecular flexibility index (Phi) is 18.3. The van der Waals surface area contributed by atoms with Crippen molar-refractivity contribution in [3.8, 4) is 5.75 Å². The van der Waals surface area contributed by atoms with Crippen LogP contribution >= 0.6 is 0 Å². The zero-order valence-electron chi connectivity index (χ0n) is 45.8. The summed E-state index contributed by atoms with van der Waals surface area (Å²) in [4.78, 5) is 39.1. The number of fused-ring (bicyclic) bond motifs is 2. The lowest BCUT2D eigenvalue weighted by molar-refractivity contribution is -0.325. The summed E-state index contributed by atoms with van der Waals surface area (Å²) in [5, 5.41) is 5.68. The van der Waals surface area contributed by atoms with E-state index >= 15 is 0 Å². The molecule has 2 amide bonds. The standard InChI is InChI=1S/C53H84N2O15Si2/c1-32(2)27-39(56)55-40-37(30-61-71(14,15)50(3,4)5)64-48(44-42(40)67-52(9,10)69-44)66-41-38(31-62-72(16,17)51(6,7)8)65-47(45-43(41)68-53(11,12)70-45)63-35-25-23-33(24-26-35)28-36(46(57)59-13)54-49(58)60-29-34-21-19-18-20-22-34/h18-26,32,36-38,40-45,47-48H,27-31H2,1-17H3,(H,54,58)(H,55,56)/t36-,37-,38-,40-,41-,42+,43+,44+,45+,47+,48-/m1/s1. The summed E-state index contributed by atoms with van der Waals surface area (Å²) in [6.45, 7) is 33.5. The number of rotatable bonds is 19. The van der Waals surface area contributed by atoms with E-state index in [1.54, 1.807) is 24.3 Å². The Hall–Kier alpha value is -3.48. The molecular weight excluding hydrogens is 961 g/mol. The molecule has 404 valence electrons. The van der Waals surface area contributed by atoms with Gasteiger partial charge in [-0.3, -0.25) is 4.79 Å². The van der Waals surface area contributed by atoms with E-state index in [1.165, 1.54) is 7.11 Å². The molecule has 19 heteroatoms. The first-order valence-corrected chi connectivity index (χ1v) is 31.2. The monoisotopic (exact) mass is 1040 g/mol. The Morgan fingerprint density at radius 2 is 1.22 bits per heavy atom. The average Bonchev–Trinajstić information content (AvgIpc) is 3.80. The van der Waals surface area contributed by atoms with Crippen molar-refractivity contribution in [3.05, 3.63) is 65.7 Å². The zero-order chi connectivity index (χ0) is 53.2. The van der Waals surface area contributed by atoms with Gasteiger partial charge < -0.3 is 66.9 Å². The number of ether oxygens (including phenoxy) is 10. The van der Waals surface area contributed by atoms with Gasteiger partial charge in [0.15, 0.2) is 40.6 Å². The Bertz CT molecular complexity index is 2130. The maximum atomic E-state index is 13.5. The minimum atomic E-state index is -2.37. The van der Waals surface area contributed by atoms with Crippen molar-refractivity contribution in [2.75, 3.05) is 20.3 Å². The molecule has 17 nitrogen and oxygen atoms in total. The minimum Gasteiger partial charge on any atom is -0.467 e. The van der Waals surface area contributed by atoms with Gasteiger partial charge in [-0.25, -0.2) is 9.59 Å². The number of nitrogens with one attached hydrogen (secondary N) is 2. The van der Waals surface area contributed by atoms with Gasteiger partial charge in [0.2, 0.25) is 12.2 Å². The van der Waals surface area contributed by atoms with Crippen LogP contribution in [-0.4, -0.2) is 134 Å². The van der Waals surface area contributed by atoms with E-state index in [2.05, 4.69) is 78.4 Å². The molecule has 0 spiro atoms. The predicted molar refractivity (Wildman–Crippen MR) is 274 cm³/mol. The van der Waals surface area contributed by atoms with Crippen LogP contribution in [-0.2, 0) is 74.1 Å². The van der Waals surface area contributed by atoms with E-state index < -0.39 is 108 Å². The average molecular weight is 1050 g/mol. The van der Waals surface area contributed by atoms with Crippen LogP contribution < -0.4 is 15.4 Å². The molecule has 2 N–H and O–H groups in total. The topological polar surface area (TPSA) is 186 Å². The highest BCUT2D eigenvalue weighted by atomic mass is 28.4. The van der Waals surface area contributed by atoms with E-state index in [1.807, 2.05) is 71.9 Å². The van der Waals surface area contributed by atoms with Crippen LogP contribution in [0.4, 0.5) is 4.79 Å². The summed E-state index contributed by atoms with van der Waals surface area (Å²) in [7, 11) is -3.40. The summed E-state index contributed by atoms with van der Waals surface area (Å²) in [6.07, 6.45) is -7.56. The number of hydrogen-bond acceptors (Lipinski definition) is 15. The van der Waals surface area contributed by atoms with E-state index in [0.29, 0.717) is 12.2 Å². The second-order valence-electron chi connectivity index (χ2n) is 23.9. The molecule has 11 atom stereocenters. The summed E-state index contributed by atoms with van der Waals surface area (Å²) in [5.41, 5.74) is 1.53. The lowest BCUT2D eigenvalue weighted by Gasteiger charge is -2.48. The van der Waals surface area contributed by atoms with Crippen LogP contribution in [0.15, 0.2) is 54.6 Å². The van der Waals surface area contributed by atoms with Gasteiger partial charge in [0, 0.05) is 12.8 Å². The highest BCUT2D eigenvalue weighted by Gasteiger charge is 2.62. The van der Waals surface area contributed by atoms with Crippen LogP contribution in [0, 0.1) is 5.92 Å². The highest BCUT2D eigenvalue weighted by Crippen LogP contribution is 2.45. The van der Waals surface area contributed by atoms with Crippen molar-refractivity contribution in [1.29, 1.82) is 0 Å². The fourth-order valence-electron chi connectivity index (χ4n) is 8.59. The molecule has 4 saturated heterocycles. The molecule has 4 aliphatic rings. The number of carbonyl (C=O) groups is 3. The SMILES string of the molecule is COC(=O)[C@@H](Cc1ccc(O[C@H]2O[C@H](CO[Si](C)(C)C(C)(C)C)[C@@H](O[C@H]3O[C@H](CO[Si](C)(C)C(C)(C)C)[C@@H](NC(=O)CC(C)C)[C@@H]4OC(C)(C)O[C@H]34)[C@@H]3OC(C)(C)O[C@H]23)cc1)NC(=O)OCc1ccccc1. The number of esters is 1. The number of benzene rings is 2. The Balaban J connectivity index is 1.27. The lowest BCUT2D eigenvalue weighted by Crippen LogP contribution is -2.67. The van der Waals surface area contributed by atoms with Crippen molar-refractivity contribution < 1.29 is 70.6 Å². The van der Waals surface area contributed by atoms with E-state index in [4.69, 9.17) is 56.2 Å². The number of methoxy groups -OCH3 is 1. The Morgan fingerprint density at radius 1 is 0.694 bits per heavy atom. The van der Waals surface area contributed by atoms with Crippen molar-refractivity contribution in [2.45, 2.75) is 218 Å². The summed E-state index contributed by atoms with van der Waals surface area (Å²) >= 11 is 0. The fourth-order valence-corrected chi connectivity index (χ4v) is 10.6. The zero-order valence-corrected chi connectivity index (χ0v) is 47.8. The maximum absolute atomic E-state index is 13.5. The second-order valence-corrected chi connectivity index (χ2v) is 33.5. The largest absolute Gasteiger partial charge is 0.467 e. The van der Waals surface area contributed by atoms with Crippen LogP contribution in [0.1, 0.15) is 101 Å². The second kappa shape index (κ2) is 22.8. The van der Waals surface area contributed by atoms with E-state index in [-0.39, 0.29) is 48.1 Å². The van der Waals surface area contributed by atoms with Gasteiger partial charge >= 0.3 is 12.1 Å². The molecule has 72 heavy (non-hydrogen) atoms. The van der Waals surface area contributed by atoms with Crippen molar-refractivity contribution in [2.24, 2.45) is 5.92 Å². The quantitative estimate of drug-likeness (QED) is 0.101. The molecule has 0 unspecified atom stereocenters. The summed E-state index contributed by atoms with van der Waals surface area (Å²) in [6, 6.07) is 14.8. The third-order valence-corrected chi connectivity index (χ3v) is 23.6. The van der Waals surface area contributed by atoms with Gasteiger partial charge in [-0.15, -0.1) is 0 Å². The highest BCUT2D eigenvalue weighted by molar-refractivity contribution is 6.74. The van der Waals surface area contributed by atoms with Crippen LogP contribution in [0.5, 0.6) is 5.75 Å². The first-order valence-electron chi connectivity index (χ1n) is 25.4. The molecule has 0 saturated carbocycles. The van der Waals surface area contributed by atoms with Gasteiger partial charge in [0.25, 0.3) is 0 Å². The first-order chi connectivity index (χ1) is 33.4. The van der Waals surface area contributed by atoms with Crippen LogP contribution in [0.25, 0.3) is 0 Å². The number of carbonyl (C=O) groups excluding carboxylic acids is 3. The molecule has 0 aromatic heterocycles. The van der Waals surface area contributed by atoms with Gasteiger partial charge in [0.1, 0.15) is 55.0 Å². The Labute approximate surface area is 429 Å². The molecule has 4 fully saturated rings. The van der Waals surface area contributed by atoms with Gasteiger partial charge in [-0.05, 0) is 93.1 Å². The summed E-state index contributed by atoms with van der Waals surface area (Å²) < 4.78 is 78.5. The number of alkyl carbamates (subject to hydrolysis) is 1. The van der Waals surface area contributed by atoms with Gasteiger partial charge in [0.05, 0.1) is 26.4 Å². The normalized spacial score (nSPS) is 28.6. The number of amides is 2. The maximum Gasteiger partial charge on any atom is 0.408 e. The first kappa shape index (κ1) is 57.8. The van der Waals surface area contributed by atoms with E-state index in [0.717, 1.165) is 11.1 Å². The minimum absolute atomic E-state index is 0.0460. The molecular formula is C53H84N2O15Si2. The van der Waals surface area contributed by atoms with Crippen LogP contribution in [0.3, 0.4) is 0 Å². The van der Waals surface area contributed by atoms with Gasteiger partial charge in [-0.2, -0.15) is 0 Å². The smallest absolute Gasteiger partial charge is 0.408 e. The molecule has 4 heterocycles.